The first-order valence-electron chi connectivity index (χ1n) is 7.69. The summed E-state index contributed by atoms with van der Waals surface area (Å²) in [6.45, 7) is 11.9. The van der Waals surface area contributed by atoms with E-state index in [-0.39, 0.29) is 28.1 Å². The van der Waals surface area contributed by atoms with Crippen LogP contribution in [0.25, 0.3) is 0 Å². The number of azo groups is 2. The predicted octanol–water partition coefficient (Wildman–Crippen LogP) is 3.15. The summed E-state index contributed by atoms with van der Waals surface area (Å²) >= 11 is 0. The van der Waals surface area contributed by atoms with Gasteiger partial charge in [0.1, 0.15) is 0 Å². The number of nitrogens with one attached hydrogen (secondary N) is 2. The molecule has 0 atom stereocenters. The Kier molecular flexibility index (Phi) is 17.1. The molecule has 0 unspecified atom stereocenters. The molecular weight excluding hydrogens is 360 g/mol. The molecule has 0 saturated heterocycles. The van der Waals surface area contributed by atoms with Crippen molar-refractivity contribution in [1.82, 2.24) is 20.9 Å². The molecule has 8 nitrogen and oxygen atoms in total. The van der Waals surface area contributed by atoms with Crippen LogP contribution in [0.2, 0.25) is 0 Å². The fourth-order valence-electron chi connectivity index (χ4n) is 0.731. The van der Waals surface area contributed by atoms with Crippen LogP contribution in [0.1, 0.15) is 41.5 Å². The van der Waals surface area contributed by atoms with Crippen LogP contribution in [0, 0.1) is 12.4 Å². The van der Waals surface area contributed by atoms with Crippen molar-refractivity contribution in [1.29, 1.82) is 0 Å². The molecule has 0 aliphatic rings. The van der Waals surface area contributed by atoms with Gasteiger partial charge in [-0.05, 0) is 41.5 Å². The van der Waals surface area contributed by atoms with Crippen LogP contribution >= 0.6 is 0 Å². The Morgan fingerprint density at radius 1 is 0.680 bits per heavy atom. The molecule has 25 heavy (non-hydrogen) atoms. The molecule has 0 aliphatic carbocycles. The zero-order valence-electron chi connectivity index (χ0n) is 17.2. The van der Waals surface area contributed by atoms with Crippen LogP contribution < -0.4 is 10.9 Å². The SMILES string of the molecule is CN(C)NC=[C-]N=NC(C)(C)C.CN(C)NC=[C-]N=NC(C)(C)C.[Fe+2]. The Labute approximate surface area is 164 Å². The maximum Gasteiger partial charge on any atom is 2.00 e. The van der Waals surface area contributed by atoms with Gasteiger partial charge in [-0.2, -0.15) is 0 Å². The third kappa shape index (κ3) is 34.9. The fourth-order valence-corrected chi connectivity index (χ4v) is 0.731. The van der Waals surface area contributed by atoms with E-state index in [0.717, 1.165) is 0 Å². The first kappa shape index (κ1) is 28.5. The monoisotopic (exact) mass is 394 g/mol. The third-order valence-electron chi connectivity index (χ3n) is 1.59. The van der Waals surface area contributed by atoms with Gasteiger partial charge in [0, 0.05) is 28.2 Å². The largest absolute Gasteiger partial charge is 2.00 e. The summed E-state index contributed by atoms with van der Waals surface area (Å²) < 4.78 is 0. The van der Waals surface area contributed by atoms with E-state index in [1.54, 1.807) is 22.4 Å². The molecule has 0 fully saturated rings. The summed E-state index contributed by atoms with van der Waals surface area (Å²) in [6.07, 6.45) is 8.52. The molecule has 0 bridgehead atoms. The molecule has 0 aromatic heterocycles. The van der Waals surface area contributed by atoms with Crippen LogP contribution in [-0.4, -0.2) is 49.3 Å². The predicted molar refractivity (Wildman–Crippen MR) is 98.5 cm³/mol. The van der Waals surface area contributed by atoms with Crippen molar-refractivity contribution in [2.45, 2.75) is 52.6 Å². The first-order valence-corrected chi connectivity index (χ1v) is 7.69. The molecule has 0 saturated carbocycles. The Hall–Kier alpha value is -1.28. The minimum Gasteiger partial charge on any atom is -0.375 e. The Morgan fingerprint density at radius 2 is 0.960 bits per heavy atom. The van der Waals surface area contributed by atoms with Crippen molar-refractivity contribution in [3.8, 4) is 0 Å². The fraction of sp³-hybridized carbons (Fsp3) is 0.750. The summed E-state index contributed by atoms with van der Waals surface area (Å²) in [5.74, 6) is 0. The second kappa shape index (κ2) is 15.0. The number of hydrazine groups is 2. The normalized spacial score (nSPS) is 13.0. The molecule has 0 rings (SSSR count). The molecule has 2 N–H and O–H groups in total. The van der Waals surface area contributed by atoms with Gasteiger partial charge in [-0.1, -0.05) is 0 Å². The van der Waals surface area contributed by atoms with Gasteiger partial charge in [0.05, 0.1) is 11.1 Å². The van der Waals surface area contributed by atoms with Gasteiger partial charge in [0.2, 0.25) is 0 Å². The summed E-state index contributed by atoms with van der Waals surface area (Å²) in [5.41, 5.74) is 5.50. The molecule has 9 heteroatoms. The Balaban J connectivity index is -0.000000372. The van der Waals surface area contributed by atoms with Gasteiger partial charge in [-0.3, -0.25) is 0 Å². The molecule has 0 spiro atoms. The molecule has 146 valence electrons. The van der Waals surface area contributed by atoms with Gasteiger partial charge in [0.15, 0.2) is 0 Å². The van der Waals surface area contributed by atoms with Gasteiger partial charge in [-0.15, -0.1) is 12.4 Å². The van der Waals surface area contributed by atoms with Gasteiger partial charge in [0.25, 0.3) is 0 Å². The number of hydrogen-bond donors (Lipinski definition) is 2. The van der Waals surface area contributed by atoms with Crippen molar-refractivity contribution in [2.24, 2.45) is 20.5 Å². The number of hydrogen-bond acceptors (Lipinski definition) is 8. The molecular formula is C16H34FeN8. The number of nitrogens with zero attached hydrogens (tertiary/aromatic N) is 6. The van der Waals surface area contributed by atoms with E-state index < -0.39 is 0 Å². The van der Waals surface area contributed by atoms with Crippen molar-refractivity contribution >= 4 is 0 Å². The average Bonchev–Trinajstić information content (AvgIpc) is 2.35. The average molecular weight is 394 g/mol. The molecule has 0 aliphatic heterocycles. The van der Waals surface area contributed by atoms with Gasteiger partial charge < -0.3 is 33.5 Å². The molecule has 0 amide bonds. The maximum absolute atomic E-state index is 3.98. The van der Waals surface area contributed by atoms with E-state index in [1.807, 2.05) is 69.7 Å². The summed E-state index contributed by atoms with van der Waals surface area (Å²) in [6, 6.07) is 0. The minimum atomic E-state index is -0.126. The van der Waals surface area contributed by atoms with Crippen LogP contribution in [0.4, 0.5) is 0 Å². The van der Waals surface area contributed by atoms with Crippen LogP contribution in [0.3, 0.4) is 0 Å². The topological polar surface area (TPSA) is 80.0 Å². The molecule has 0 heterocycles. The van der Waals surface area contributed by atoms with E-state index in [0.29, 0.717) is 0 Å². The second-order valence-corrected chi connectivity index (χ2v) is 7.34. The van der Waals surface area contributed by atoms with Gasteiger partial charge >= 0.3 is 17.1 Å². The van der Waals surface area contributed by atoms with E-state index in [9.17, 15) is 0 Å². The third-order valence-corrected chi connectivity index (χ3v) is 1.59. The standard InChI is InChI=1S/2C8H17N4.Fe/c2*1-8(2,3)11-9-6-7-10-12(4)5;/h2*7,10H,1-5H3;/q2*-1;+2. The van der Waals surface area contributed by atoms with Crippen molar-refractivity contribution in [3.05, 3.63) is 24.8 Å². The zero-order chi connectivity index (χ0) is 19.2. The van der Waals surface area contributed by atoms with Crippen molar-refractivity contribution in [3.63, 3.8) is 0 Å². The quantitative estimate of drug-likeness (QED) is 0.314. The summed E-state index contributed by atoms with van der Waals surface area (Å²) in [4.78, 5) is 0. The smallest absolute Gasteiger partial charge is 0.375 e. The van der Waals surface area contributed by atoms with Crippen LogP contribution in [-0.2, 0) is 17.1 Å². The first-order chi connectivity index (χ1) is 10.8. The van der Waals surface area contributed by atoms with Crippen molar-refractivity contribution < 1.29 is 17.1 Å². The van der Waals surface area contributed by atoms with Crippen molar-refractivity contribution in [2.75, 3.05) is 28.2 Å². The second-order valence-electron chi connectivity index (χ2n) is 7.34. The molecule has 0 aromatic rings. The van der Waals surface area contributed by atoms with E-state index in [2.05, 4.69) is 43.7 Å². The Bertz CT molecular complexity index is 375. The van der Waals surface area contributed by atoms with E-state index in [1.165, 1.54) is 0 Å². The van der Waals surface area contributed by atoms with E-state index >= 15 is 0 Å². The summed E-state index contributed by atoms with van der Waals surface area (Å²) in [5, 5.41) is 19.0. The maximum atomic E-state index is 3.98. The Morgan fingerprint density at radius 3 is 1.16 bits per heavy atom. The molecule has 0 radical (unpaired) electrons. The summed E-state index contributed by atoms with van der Waals surface area (Å²) in [7, 11) is 7.55. The minimum absolute atomic E-state index is 0. The van der Waals surface area contributed by atoms with Gasteiger partial charge in [-0.25, -0.2) is 20.2 Å². The zero-order valence-corrected chi connectivity index (χ0v) is 18.3. The van der Waals surface area contributed by atoms with Crippen LogP contribution in [0.5, 0.6) is 0 Å². The van der Waals surface area contributed by atoms with E-state index in [4.69, 9.17) is 0 Å². The molecule has 0 aromatic carbocycles. The van der Waals surface area contributed by atoms with Crippen LogP contribution in [0.15, 0.2) is 32.9 Å². The number of rotatable bonds is 6.